The maximum absolute atomic E-state index is 5.60. The summed E-state index contributed by atoms with van der Waals surface area (Å²) in [5.41, 5.74) is 0.0467. The van der Waals surface area contributed by atoms with E-state index in [0.29, 0.717) is 0 Å². The molecule has 0 amide bonds. The van der Waals surface area contributed by atoms with Gasteiger partial charge in [-0.05, 0) is 12.8 Å². The minimum Gasteiger partial charge on any atom is -0.376 e. The predicted molar refractivity (Wildman–Crippen MR) is 55.3 cm³/mol. The van der Waals surface area contributed by atoms with E-state index < -0.39 is 0 Å². The molecule has 1 saturated carbocycles. The van der Waals surface area contributed by atoms with E-state index in [1.54, 1.807) is 19.6 Å². The Morgan fingerprint density at radius 2 is 2.36 bits per heavy atom. The van der Waals surface area contributed by atoms with Crippen LogP contribution < -0.4 is 5.32 Å². The first kappa shape index (κ1) is 9.52. The van der Waals surface area contributed by atoms with E-state index in [-0.39, 0.29) is 5.60 Å². The van der Waals surface area contributed by atoms with Gasteiger partial charge in [0.2, 0.25) is 0 Å². The van der Waals surface area contributed by atoms with Gasteiger partial charge in [0.1, 0.15) is 5.82 Å². The molecule has 1 heterocycles. The van der Waals surface area contributed by atoms with E-state index in [1.807, 2.05) is 0 Å². The highest BCUT2D eigenvalue weighted by Gasteiger charge is 2.33. The van der Waals surface area contributed by atoms with E-state index in [4.69, 9.17) is 4.74 Å². The van der Waals surface area contributed by atoms with E-state index in [2.05, 4.69) is 15.3 Å². The molecule has 0 radical (unpaired) electrons. The smallest absolute Gasteiger partial charge is 0.123 e. The summed E-state index contributed by atoms with van der Waals surface area (Å²) in [5, 5.41) is 3.32. The summed E-state index contributed by atoms with van der Waals surface area (Å²) in [6, 6.07) is 0. The first-order chi connectivity index (χ1) is 6.85. The van der Waals surface area contributed by atoms with Crippen LogP contribution in [0.15, 0.2) is 12.5 Å². The highest BCUT2D eigenvalue weighted by atomic mass is 16.5. The van der Waals surface area contributed by atoms with Crippen molar-refractivity contribution in [3.05, 3.63) is 12.5 Å². The molecule has 1 aliphatic carbocycles. The molecule has 0 aromatic carbocycles. The number of ether oxygens (including phenoxy) is 1. The second-order valence-corrected chi connectivity index (χ2v) is 3.91. The van der Waals surface area contributed by atoms with Gasteiger partial charge < -0.3 is 15.0 Å². The van der Waals surface area contributed by atoms with E-state index in [0.717, 1.165) is 25.2 Å². The molecule has 1 aromatic rings. The van der Waals surface area contributed by atoms with Crippen molar-refractivity contribution < 1.29 is 4.74 Å². The Balaban J connectivity index is 1.89. The normalized spacial score (nSPS) is 19.8. The van der Waals surface area contributed by atoms with Gasteiger partial charge in [-0.3, -0.25) is 0 Å². The summed E-state index contributed by atoms with van der Waals surface area (Å²) in [6.45, 7) is 0.867. The molecule has 4 heteroatoms. The number of hydrogen-bond donors (Lipinski definition) is 2. The number of hydrogen-bond acceptors (Lipinski definition) is 3. The first-order valence-corrected chi connectivity index (χ1v) is 5.12. The standard InChI is InChI=1S/C10H17N3O/c1-14-10(4-2-3-5-10)7-12-9-6-11-8-13-9/h6,8,12H,2-5,7H2,1H3,(H,11,13). The molecule has 0 unspecified atom stereocenters. The average molecular weight is 195 g/mol. The van der Waals surface area contributed by atoms with Gasteiger partial charge in [-0.15, -0.1) is 0 Å². The minimum atomic E-state index is 0.0467. The Labute approximate surface area is 84.1 Å². The number of imidazole rings is 1. The number of rotatable bonds is 4. The van der Waals surface area contributed by atoms with Crippen molar-refractivity contribution in [2.75, 3.05) is 19.0 Å². The second kappa shape index (κ2) is 4.00. The van der Waals surface area contributed by atoms with Crippen LogP contribution in [0.1, 0.15) is 25.7 Å². The number of methoxy groups -OCH3 is 1. The van der Waals surface area contributed by atoms with Crippen LogP contribution in [-0.4, -0.2) is 29.2 Å². The van der Waals surface area contributed by atoms with Crippen LogP contribution in [0.4, 0.5) is 5.82 Å². The molecule has 0 saturated heterocycles. The largest absolute Gasteiger partial charge is 0.376 e. The van der Waals surface area contributed by atoms with Crippen molar-refractivity contribution in [3.63, 3.8) is 0 Å². The zero-order valence-corrected chi connectivity index (χ0v) is 8.55. The zero-order chi connectivity index (χ0) is 9.86. The topological polar surface area (TPSA) is 49.9 Å². The van der Waals surface area contributed by atoms with Crippen LogP contribution in [0.5, 0.6) is 0 Å². The third-order valence-electron chi connectivity index (χ3n) is 3.05. The lowest BCUT2D eigenvalue weighted by molar-refractivity contribution is 0.00737. The molecule has 0 aliphatic heterocycles. The molecule has 2 N–H and O–H groups in total. The minimum absolute atomic E-state index is 0.0467. The fraction of sp³-hybridized carbons (Fsp3) is 0.700. The average Bonchev–Trinajstić information content (AvgIpc) is 2.87. The lowest BCUT2D eigenvalue weighted by Crippen LogP contribution is -2.36. The van der Waals surface area contributed by atoms with Crippen molar-refractivity contribution in [1.29, 1.82) is 0 Å². The van der Waals surface area contributed by atoms with Crippen molar-refractivity contribution in [2.45, 2.75) is 31.3 Å². The predicted octanol–water partition coefficient (Wildman–Crippen LogP) is 1.78. The Bertz CT molecular complexity index is 265. The molecule has 2 rings (SSSR count). The number of nitrogens with zero attached hydrogens (tertiary/aromatic N) is 1. The monoisotopic (exact) mass is 195 g/mol. The molecular formula is C10H17N3O. The molecular weight excluding hydrogens is 178 g/mol. The third-order valence-corrected chi connectivity index (χ3v) is 3.05. The lowest BCUT2D eigenvalue weighted by Gasteiger charge is -2.27. The fourth-order valence-electron chi connectivity index (χ4n) is 2.08. The molecule has 78 valence electrons. The molecule has 14 heavy (non-hydrogen) atoms. The van der Waals surface area contributed by atoms with Gasteiger partial charge in [-0.1, -0.05) is 12.8 Å². The van der Waals surface area contributed by atoms with Crippen molar-refractivity contribution in [3.8, 4) is 0 Å². The zero-order valence-electron chi connectivity index (χ0n) is 8.55. The summed E-state index contributed by atoms with van der Waals surface area (Å²) in [6.07, 6.45) is 8.33. The highest BCUT2D eigenvalue weighted by molar-refractivity contribution is 5.31. The van der Waals surface area contributed by atoms with Crippen LogP contribution in [0.25, 0.3) is 0 Å². The summed E-state index contributed by atoms with van der Waals surface area (Å²) < 4.78 is 5.60. The van der Waals surface area contributed by atoms with Gasteiger partial charge in [-0.2, -0.15) is 0 Å². The van der Waals surface area contributed by atoms with Gasteiger partial charge in [0, 0.05) is 13.7 Å². The molecule has 0 bridgehead atoms. The summed E-state index contributed by atoms with van der Waals surface area (Å²) in [7, 11) is 1.81. The first-order valence-electron chi connectivity index (χ1n) is 5.12. The van der Waals surface area contributed by atoms with Crippen LogP contribution >= 0.6 is 0 Å². The Kier molecular flexibility index (Phi) is 2.72. The van der Waals surface area contributed by atoms with E-state index >= 15 is 0 Å². The Hall–Kier alpha value is -1.03. The maximum atomic E-state index is 5.60. The number of anilines is 1. The molecule has 0 atom stereocenters. The van der Waals surface area contributed by atoms with Gasteiger partial charge in [0.25, 0.3) is 0 Å². The number of nitrogens with one attached hydrogen (secondary N) is 2. The summed E-state index contributed by atoms with van der Waals surface area (Å²) in [4.78, 5) is 6.98. The van der Waals surface area contributed by atoms with Gasteiger partial charge in [-0.25, -0.2) is 4.98 Å². The molecule has 0 spiro atoms. The molecule has 1 aromatic heterocycles. The summed E-state index contributed by atoms with van der Waals surface area (Å²) in [5.74, 6) is 0.966. The fourth-order valence-corrected chi connectivity index (χ4v) is 2.08. The van der Waals surface area contributed by atoms with Crippen molar-refractivity contribution in [2.24, 2.45) is 0 Å². The molecule has 4 nitrogen and oxygen atoms in total. The number of H-pyrrole nitrogens is 1. The van der Waals surface area contributed by atoms with Crippen molar-refractivity contribution in [1.82, 2.24) is 9.97 Å². The lowest BCUT2D eigenvalue weighted by atomic mass is 10.0. The Morgan fingerprint density at radius 1 is 1.57 bits per heavy atom. The van der Waals surface area contributed by atoms with E-state index in [1.165, 1.54) is 12.8 Å². The van der Waals surface area contributed by atoms with E-state index in [9.17, 15) is 0 Å². The van der Waals surface area contributed by atoms with Gasteiger partial charge in [0.15, 0.2) is 0 Å². The van der Waals surface area contributed by atoms with Crippen LogP contribution in [0, 0.1) is 0 Å². The maximum Gasteiger partial charge on any atom is 0.123 e. The summed E-state index contributed by atoms with van der Waals surface area (Å²) >= 11 is 0. The van der Waals surface area contributed by atoms with Crippen LogP contribution in [0.3, 0.4) is 0 Å². The van der Waals surface area contributed by atoms with Crippen molar-refractivity contribution >= 4 is 5.82 Å². The number of aromatic nitrogens is 2. The third kappa shape index (κ3) is 1.90. The van der Waals surface area contributed by atoms with Crippen LogP contribution in [-0.2, 0) is 4.74 Å². The Morgan fingerprint density at radius 3 is 2.93 bits per heavy atom. The number of aromatic amines is 1. The quantitative estimate of drug-likeness (QED) is 0.770. The molecule has 1 aliphatic rings. The van der Waals surface area contributed by atoms with Gasteiger partial charge >= 0.3 is 0 Å². The molecule has 1 fully saturated rings. The van der Waals surface area contributed by atoms with Gasteiger partial charge in [0.05, 0.1) is 18.1 Å². The van der Waals surface area contributed by atoms with Crippen LogP contribution in [0.2, 0.25) is 0 Å². The second-order valence-electron chi connectivity index (χ2n) is 3.91. The SMILES string of the molecule is COC1(CNc2cnc[nH]2)CCCC1. The highest BCUT2D eigenvalue weighted by Crippen LogP contribution is 2.32.